The van der Waals surface area contributed by atoms with Crippen LogP contribution in [-0.4, -0.2) is 19.0 Å². The topological polar surface area (TPSA) is 55.4 Å². The normalized spacial score (nSPS) is 12.3. The molecule has 0 aliphatic carbocycles. The molecule has 0 fully saturated rings. The Balaban J connectivity index is 3.68. The molecule has 9 heavy (non-hydrogen) atoms. The molecule has 2 N–H and O–H groups in total. The molecule has 0 aliphatic heterocycles. The summed E-state index contributed by atoms with van der Waals surface area (Å²) >= 11 is 0. The maximum Gasteiger partial charge on any atom is 0.165 e. The summed E-state index contributed by atoms with van der Waals surface area (Å²) in [6, 6.07) is 0. The Labute approximate surface area is 54.3 Å². The molecule has 0 saturated heterocycles. The summed E-state index contributed by atoms with van der Waals surface area (Å²) in [5.74, 6) is 0. The lowest BCUT2D eigenvalue weighted by atomic mass is 10.4. The van der Waals surface area contributed by atoms with E-state index >= 15 is 0 Å². The zero-order chi connectivity index (χ0) is 7.11. The van der Waals surface area contributed by atoms with Crippen molar-refractivity contribution < 1.29 is 4.79 Å². The van der Waals surface area contributed by atoms with Crippen LogP contribution < -0.4 is 5.73 Å². The molecule has 3 heteroatoms. The van der Waals surface area contributed by atoms with E-state index in [4.69, 9.17) is 5.73 Å². The molecule has 0 heterocycles. The lowest BCUT2D eigenvalue weighted by molar-refractivity contribution is -0.104. The van der Waals surface area contributed by atoms with Gasteiger partial charge in [-0.1, -0.05) is 0 Å². The minimum atomic E-state index is 0.201. The van der Waals surface area contributed by atoms with Gasteiger partial charge in [0.1, 0.15) is 0 Å². The van der Waals surface area contributed by atoms with Crippen molar-refractivity contribution in [1.29, 1.82) is 0 Å². The smallest absolute Gasteiger partial charge is 0.165 e. The molecule has 0 aromatic rings. The van der Waals surface area contributed by atoms with Crippen LogP contribution in [0.4, 0.5) is 0 Å². The summed E-state index contributed by atoms with van der Waals surface area (Å²) in [5.41, 5.74) is 5.32. The third-order valence-electron chi connectivity index (χ3n) is 0.691. The van der Waals surface area contributed by atoms with Crippen molar-refractivity contribution in [3.63, 3.8) is 0 Å². The molecule has 0 spiro atoms. The number of carbonyl (C=O) groups is 1. The van der Waals surface area contributed by atoms with Gasteiger partial charge in [0.05, 0.1) is 5.70 Å². The van der Waals surface area contributed by atoms with Gasteiger partial charge < -0.3 is 5.73 Å². The number of nitrogens with zero attached hydrogens (tertiary/aromatic N) is 1. The van der Waals surface area contributed by atoms with E-state index < -0.39 is 0 Å². The Bertz CT molecular complexity index is 138. The van der Waals surface area contributed by atoms with Crippen molar-refractivity contribution in [3.05, 3.63) is 11.8 Å². The first kappa shape index (κ1) is 7.88. The van der Waals surface area contributed by atoms with Crippen LogP contribution in [0.2, 0.25) is 0 Å². The highest BCUT2D eigenvalue weighted by atomic mass is 16.1. The second-order valence-electron chi connectivity index (χ2n) is 1.43. The van der Waals surface area contributed by atoms with Crippen molar-refractivity contribution in [2.75, 3.05) is 6.54 Å². The molecule has 0 saturated carbocycles. The van der Waals surface area contributed by atoms with Crippen LogP contribution in [0, 0.1) is 0 Å². The summed E-state index contributed by atoms with van der Waals surface area (Å²) in [5, 5.41) is 0. The molecule has 0 aromatic heterocycles. The van der Waals surface area contributed by atoms with Gasteiger partial charge in [-0.25, -0.2) is 0 Å². The number of carbonyl (C=O) groups excluding carboxylic acids is 1. The maximum atomic E-state index is 9.84. The second-order valence-corrected chi connectivity index (χ2v) is 1.43. The summed E-state index contributed by atoms with van der Waals surface area (Å²) in [6.45, 7) is 2.62. The van der Waals surface area contributed by atoms with E-state index in [2.05, 4.69) is 4.99 Å². The zero-order valence-electron chi connectivity index (χ0n) is 5.37. The first-order valence-corrected chi connectivity index (χ1v) is 2.72. The van der Waals surface area contributed by atoms with Crippen LogP contribution in [0.1, 0.15) is 6.92 Å². The van der Waals surface area contributed by atoms with Crippen molar-refractivity contribution in [3.8, 4) is 0 Å². The third kappa shape index (κ3) is 4.74. The lowest BCUT2D eigenvalue weighted by Gasteiger charge is -1.80. The minimum Gasteiger partial charge on any atom is -0.396 e. The van der Waals surface area contributed by atoms with Gasteiger partial charge in [-0.2, -0.15) is 0 Å². The summed E-state index contributed by atoms with van der Waals surface area (Å²) < 4.78 is 0. The van der Waals surface area contributed by atoms with E-state index in [9.17, 15) is 4.79 Å². The molecule has 0 aliphatic rings. The standard InChI is InChI=1S/C6H10N2O/c1-2-8-4-3-6(7)5-9/h3-5H,2,7H2,1H3/b6-3-,8-4?. The minimum absolute atomic E-state index is 0.201. The molecule has 3 nitrogen and oxygen atoms in total. The van der Waals surface area contributed by atoms with Gasteiger partial charge in [-0.3, -0.25) is 9.79 Å². The molecule has 0 bridgehead atoms. The van der Waals surface area contributed by atoms with Crippen LogP contribution in [0.15, 0.2) is 16.8 Å². The Kier molecular flexibility index (Phi) is 4.40. The highest BCUT2D eigenvalue weighted by Crippen LogP contribution is 1.72. The molecular formula is C6H10N2O. The van der Waals surface area contributed by atoms with Gasteiger partial charge >= 0.3 is 0 Å². The number of allylic oxidation sites excluding steroid dienone is 2. The van der Waals surface area contributed by atoms with Gasteiger partial charge in [0.25, 0.3) is 0 Å². The summed E-state index contributed by atoms with van der Waals surface area (Å²) in [7, 11) is 0. The number of hydrogen-bond acceptors (Lipinski definition) is 3. The summed E-state index contributed by atoms with van der Waals surface area (Å²) in [4.78, 5) is 13.7. The fraction of sp³-hybridized carbons (Fsp3) is 0.333. The fourth-order valence-corrected chi connectivity index (χ4v) is 0.283. The molecule has 0 amide bonds. The maximum absolute atomic E-state index is 9.84. The Morgan fingerprint density at radius 2 is 2.44 bits per heavy atom. The monoisotopic (exact) mass is 126 g/mol. The van der Waals surface area contributed by atoms with Gasteiger partial charge in [0.2, 0.25) is 0 Å². The van der Waals surface area contributed by atoms with Crippen LogP contribution >= 0.6 is 0 Å². The number of rotatable bonds is 3. The van der Waals surface area contributed by atoms with Crippen molar-refractivity contribution in [1.82, 2.24) is 0 Å². The third-order valence-corrected chi connectivity index (χ3v) is 0.691. The van der Waals surface area contributed by atoms with Gasteiger partial charge in [-0.15, -0.1) is 0 Å². The van der Waals surface area contributed by atoms with E-state index in [0.29, 0.717) is 12.8 Å². The average Bonchev–Trinajstić information content (AvgIpc) is 1.89. The average molecular weight is 126 g/mol. The van der Waals surface area contributed by atoms with E-state index in [1.54, 1.807) is 0 Å². The molecule has 0 unspecified atom stereocenters. The lowest BCUT2D eigenvalue weighted by Crippen LogP contribution is -1.97. The van der Waals surface area contributed by atoms with E-state index in [1.165, 1.54) is 12.3 Å². The number of aldehydes is 1. The Morgan fingerprint density at radius 1 is 1.78 bits per heavy atom. The van der Waals surface area contributed by atoms with E-state index in [-0.39, 0.29) is 5.70 Å². The molecule has 50 valence electrons. The molecule has 0 aromatic carbocycles. The molecule has 0 atom stereocenters. The van der Waals surface area contributed by atoms with Crippen LogP contribution in [0.25, 0.3) is 0 Å². The first-order valence-electron chi connectivity index (χ1n) is 2.72. The Hall–Kier alpha value is -1.12. The number of aliphatic imine (C=N–C) groups is 1. The summed E-state index contributed by atoms with van der Waals surface area (Å²) in [6.07, 6.45) is 3.57. The van der Waals surface area contributed by atoms with E-state index in [1.807, 2.05) is 6.92 Å². The SMILES string of the molecule is CCN=C/C=C(\N)C=O. The molecule has 0 rings (SSSR count). The van der Waals surface area contributed by atoms with Gasteiger partial charge in [0.15, 0.2) is 6.29 Å². The molecule has 0 radical (unpaired) electrons. The van der Waals surface area contributed by atoms with Gasteiger partial charge in [-0.05, 0) is 13.0 Å². The molecular weight excluding hydrogens is 116 g/mol. The predicted octanol–water partition coefficient (Wildman–Crippen LogP) is 0.119. The highest BCUT2D eigenvalue weighted by molar-refractivity contribution is 5.82. The largest absolute Gasteiger partial charge is 0.396 e. The number of hydrogen-bond donors (Lipinski definition) is 1. The fourth-order valence-electron chi connectivity index (χ4n) is 0.283. The Morgan fingerprint density at radius 3 is 2.89 bits per heavy atom. The van der Waals surface area contributed by atoms with E-state index in [0.717, 1.165) is 0 Å². The number of nitrogens with two attached hydrogens (primary N) is 1. The zero-order valence-corrected chi connectivity index (χ0v) is 5.37. The highest BCUT2D eigenvalue weighted by Gasteiger charge is 1.77. The van der Waals surface area contributed by atoms with Crippen LogP contribution in [0.5, 0.6) is 0 Å². The van der Waals surface area contributed by atoms with Crippen molar-refractivity contribution in [2.24, 2.45) is 10.7 Å². The van der Waals surface area contributed by atoms with Crippen LogP contribution in [0.3, 0.4) is 0 Å². The van der Waals surface area contributed by atoms with Crippen molar-refractivity contribution in [2.45, 2.75) is 6.92 Å². The van der Waals surface area contributed by atoms with Crippen LogP contribution in [-0.2, 0) is 4.79 Å². The first-order chi connectivity index (χ1) is 4.31. The van der Waals surface area contributed by atoms with Gasteiger partial charge in [0, 0.05) is 12.8 Å². The quantitative estimate of drug-likeness (QED) is 0.331. The predicted molar refractivity (Wildman–Crippen MR) is 37.4 cm³/mol. The van der Waals surface area contributed by atoms with Crippen molar-refractivity contribution >= 4 is 12.5 Å². The second kappa shape index (κ2) is 5.03.